The number of methoxy groups -OCH3 is 1. The van der Waals surface area contributed by atoms with Crippen molar-refractivity contribution < 1.29 is 9.47 Å². The van der Waals surface area contributed by atoms with Crippen molar-refractivity contribution in [1.29, 1.82) is 0 Å². The largest absolute Gasteiger partial charge is 0.491 e. The molecule has 0 aliphatic carbocycles. The Bertz CT molecular complexity index is 667. The molecule has 2 rings (SSSR count). The SMILES string of the molecule is COCc1ccccc1CN=C(N)Nc1ccc(OC(C)C)cc1. The van der Waals surface area contributed by atoms with Crippen molar-refractivity contribution in [1.82, 2.24) is 0 Å². The number of nitrogens with one attached hydrogen (secondary N) is 1. The van der Waals surface area contributed by atoms with Crippen LogP contribution < -0.4 is 15.8 Å². The van der Waals surface area contributed by atoms with Gasteiger partial charge in [0.25, 0.3) is 0 Å². The second-order valence-corrected chi connectivity index (χ2v) is 5.72. The molecular weight excluding hydrogens is 302 g/mol. The molecule has 0 amide bonds. The summed E-state index contributed by atoms with van der Waals surface area (Å²) in [6.07, 6.45) is 0.155. The van der Waals surface area contributed by atoms with Gasteiger partial charge in [-0.05, 0) is 49.2 Å². The summed E-state index contributed by atoms with van der Waals surface area (Å²) in [6.45, 7) is 5.07. The first-order valence-corrected chi connectivity index (χ1v) is 7.98. The first kappa shape index (κ1) is 17.8. The van der Waals surface area contributed by atoms with E-state index in [1.54, 1.807) is 7.11 Å². The predicted octanol–water partition coefficient (Wildman–Crippen LogP) is 3.55. The van der Waals surface area contributed by atoms with Gasteiger partial charge in [-0.3, -0.25) is 0 Å². The number of aliphatic imine (C=N–C) groups is 1. The molecule has 128 valence electrons. The topological polar surface area (TPSA) is 68.9 Å². The lowest BCUT2D eigenvalue weighted by Crippen LogP contribution is -2.22. The molecule has 3 N–H and O–H groups in total. The van der Waals surface area contributed by atoms with E-state index in [2.05, 4.69) is 10.3 Å². The van der Waals surface area contributed by atoms with Crippen molar-refractivity contribution in [2.75, 3.05) is 12.4 Å². The van der Waals surface area contributed by atoms with E-state index >= 15 is 0 Å². The quantitative estimate of drug-likeness (QED) is 0.603. The van der Waals surface area contributed by atoms with Crippen molar-refractivity contribution >= 4 is 11.6 Å². The van der Waals surface area contributed by atoms with Crippen LogP contribution in [-0.2, 0) is 17.9 Å². The van der Waals surface area contributed by atoms with Gasteiger partial charge in [0.15, 0.2) is 5.96 Å². The molecule has 5 nitrogen and oxygen atoms in total. The average molecular weight is 327 g/mol. The standard InChI is InChI=1S/C19H25N3O2/c1-14(2)24-18-10-8-17(9-11-18)22-19(20)21-12-15-6-4-5-7-16(15)13-23-3/h4-11,14H,12-13H2,1-3H3,(H3,20,21,22). The van der Waals surface area contributed by atoms with E-state index in [0.29, 0.717) is 19.1 Å². The molecule has 0 saturated heterocycles. The molecule has 0 saturated carbocycles. The van der Waals surface area contributed by atoms with Gasteiger partial charge in [0.05, 0.1) is 19.3 Å². The lowest BCUT2D eigenvalue weighted by Gasteiger charge is -2.11. The smallest absolute Gasteiger partial charge is 0.193 e. The maximum atomic E-state index is 5.97. The molecule has 0 unspecified atom stereocenters. The van der Waals surface area contributed by atoms with Gasteiger partial charge in [-0.25, -0.2) is 4.99 Å². The minimum atomic E-state index is 0.155. The third-order valence-corrected chi connectivity index (χ3v) is 3.34. The molecule has 0 radical (unpaired) electrons. The van der Waals surface area contributed by atoms with Crippen LogP contribution in [0.2, 0.25) is 0 Å². The molecule has 0 bridgehead atoms. The summed E-state index contributed by atoms with van der Waals surface area (Å²) in [4.78, 5) is 4.40. The predicted molar refractivity (Wildman–Crippen MR) is 98.3 cm³/mol. The number of benzene rings is 2. The third-order valence-electron chi connectivity index (χ3n) is 3.34. The second-order valence-electron chi connectivity index (χ2n) is 5.72. The van der Waals surface area contributed by atoms with E-state index in [0.717, 1.165) is 22.6 Å². The van der Waals surface area contributed by atoms with E-state index in [1.165, 1.54) is 0 Å². The number of rotatable bonds is 7. The van der Waals surface area contributed by atoms with E-state index in [-0.39, 0.29) is 6.10 Å². The van der Waals surface area contributed by atoms with Gasteiger partial charge in [0, 0.05) is 12.8 Å². The Morgan fingerprint density at radius 1 is 1.08 bits per heavy atom. The van der Waals surface area contributed by atoms with Crippen LogP contribution in [0.5, 0.6) is 5.75 Å². The highest BCUT2D eigenvalue weighted by molar-refractivity contribution is 5.92. The van der Waals surface area contributed by atoms with Crippen LogP contribution in [0.25, 0.3) is 0 Å². The zero-order chi connectivity index (χ0) is 17.4. The Morgan fingerprint density at radius 3 is 2.38 bits per heavy atom. The lowest BCUT2D eigenvalue weighted by atomic mass is 10.1. The van der Waals surface area contributed by atoms with E-state index in [4.69, 9.17) is 15.2 Å². The first-order valence-electron chi connectivity index (χ1n) is 7.98. The fourth-order valence-corrected chi connectivity index (χ4v) is 2.25. The van der Waals surface area contributed by atoms with Crippen molar-refractivity contribution in [3.05, 3.63) is 59.7 Å². The van der Waals surface area contributed by atoms with Gasteiger partial charge in [-0.2, -0.15) is 0 Å². The van der Waals surface area contributed by atoms with Crippen molar-refractivity contribution in [3.63, 3.8) is 0 Å². The Hall–Kier alpha value is -2.53. The molecular formula is C19H25N3O2. The molecule has 0 atom stereocenters. The maximum absolute atomic E-state index is 5.97. The zero-order valence-corrected chi connectivity index (χ0v) is 14.5. The maximum Gasteiger partial charge on any atom is 0.193 e. The highest BCUT2D eigenvalue weighted by Crippen LogP contribution is 2.17. The molecule has 0 spiro atoms. The summed E-state index contributed by atoms with van der Waals surface area (Å²) in [7, 11) is 1.68. The van der Waals surface area contributed by atoms with Crippen LogP contribution in [0.1, 0.15) is 25.0 Å². The summed E-state index contributed by atoms with van der Waals surface area (Å²) in [5, 5.41) is 3.09. The first-order chi connectivity index (χ1) is 11.6. The van der Waals surface area contributed by atoms with Crippen molar-refractivity contribution in [2.24, 2.45) is 10.7 Å². The van der Waals surface area contributed by atoms with Gasteiger partial charge in [0.1, 0.15) is 5.75 Å². The number of guanidine groups is 1. The van der Waals surface area contributed by atoms with E-state index in [9.17, 15) is 0 Å². The molecule has 5 heteroatoms. The van der Waals surface area contributed by atoms with Gasteiger partial charge >= 0.3 is 0 Å². The molecule has 0 heterocycles. The number of ether oxygens (including phenoxy) is 2. The zero-order valence-electron chi connectivity index (χ0n) is 14.5. The monoisotopic (exact) mass is 327 g/mol. The number of anilines is 1. The van der Waals surface area contributed by atoms with Gasteiger partial charge < -0.3 is 20.5 Å². The van der Waals surface area contributed by atoms with Crippen LogP contribution in [0.3, 0.4) is 0 Å². The van der Waals surface area contributed by atoms with Crippen molar-refractivity contribution in [2.45, 2.75) is 33.1 Å². The molecule has 0 fully saturated rings. The van der Waals surface area contributed by atoms with E-state index in [1.807, 2.05) is 62.4 Å². The van der Waals surface area contributed by atoms with Gasteiger partial charge in [-0.1, -0.05) is 24.3 Å². The minimum Gasteiger partial charge on any atom is -0.491 e. The highest BCUT2D eigenvalue weighted by Gasteiger charge is 2.02. The number of hydrogen-bond donors (Lipinski definition) is 2. The summed E-state index contributed by atoms with van der Waals surface area (Å²) in [5.74, 6) is 1.21. The van der Waals surface area contributed by atoms with Crippen LogP contribution in [0.4, 0.5) is 5.69 Å². The average Bonchev–Trinajstić information content (AvgIpc) is 2.56. The number of nitrogens with two attached hydrogens (primary N) is 1. The summed E-state index contributed by atoms with van der Waals surface area (Å²) >= 11 is 0. The summed E-state index contributed by atoms with van der Waals surface area (Å²) < 4.78 is 10.8. The van der Waals surface area contributed by atoms with Crippen LogP contribution in [-0.4, -0.2) is 19.2 Å². The number of hydrogen-bond acceptors (Lipinski definition) is 3. The second kappa shape index (κ2) is 8.93. The number of nitrogens with zero attached hydrogens (tertiary/aromatic N) is 1. The molecule has 0 aromatic heterocycles. The highest BCUT2D eigenvalue weighted by atomic mass is 16.5. The van der Waals surface area contributed by atoms with Gasteiger partial charge in [0.2, 0.25) is 0 Å². The fourth-order valence-electron chi connectivity index (χ4n) is 2.25. The minimum absolute atomic E-state index is 0.155. The summed E-state index contributed by atoms with van der Waals surface area (Å²) in [6, 6.07) is 15.7. The molecule has 2 aromatic rings. The third kappa shape index (κ3) is 5.59. The normalized spacial score (nSPS) is 11.6. The van der Waals surface area contributed by atoms with Crippen LogP contribution in [0.15, 0.2) is 53.5 Å². The fraction of sp³-hybridized carbons (Fsp3) is 0.316. The Morgan fingerprint density at radius 2 is 1.75 bits per heavy atom. The molecule has 24 heavy (non-hydrogen) atoms. The molecule has 0 aliphatic rings. The lowest BCUT2D eigenvalue weighted by molar-refractivity contribution is 0.184. The summed E-state index contributed by atoms with van der Waals surface area (Å²) in [5.41, 5.74) is 9.06. The van der Waals surface area contributed by atoms with Crippen LogP contribution >= 0.6 is 0 Å². The Kier molecular flexibility index (Phi) is 6.63. The molecule has 2 aromatic carbocycles. The van der Waals surface area contributed by atoms with Crippen LogP contribution in [0, 0.1) is 0 Å². The molecule has 0 aliphatic heterocycles. The van der Waals surface area contributed by atoms with Gasteiger partial charge in [-0.15, -0.1) is 0 Å². The van der Waals surface area contributed by atoms with E-state index < -0.39 is 0 Å². The van der Waals surface area contributed by atoms with Crippen molar-refractivity contribution in [3.8, 4) is 5.75 Å². The Balaban J connectivity index is 1.97. The Labute approximate surface area is 143 Å².